The number of aromatic nitrogens is 2. The molecule has 1 aromatic heterocycles. The molecule has 0 aliphatic carbocycles. The van der Waals surface area contributed by atoms with E-state index in [1.807, 2.05) is 11.5 Å². The van der Waals surface area contributed by atoms with Crippen molar-refractivity contribution < 1.29 is 0 Å². The molecule has 1 fully saturated rings. The molecule has 0 atom stereocenters. The van der Waals surface area contributed by atoms with Gasteiger partial charge in [-0.2, -0.15) is 10.4 Å². The number of nitrogens with one attached hydrogen (secondary N) is 1. The summed E-state index contributed by atoms with van der Waals surface area (Å²) in [4.78, 5) is 2.36. The van der Waals surface area contributed by atoms with Gasteiger partial charge in [-0.25, -0.2) is 0 Å². The van der Waals surface area contributed by atoms with Gasteiger partial charge < -0.3 is 4.90 Å². The summed E-state index contributed by atoms with van der Waals surface area (Å²) < 4.78 is 0. The van der Waals surface area contributed by atoms with Gasteiger partial charge in [0.05, 0.1) is 0 Å². The van der Waals surface area contributed by atoms with E-state index in [1.165, 1.54) is 25.9 Å². The molecule has 1 saturated heterocycles. The largest absolute Gasteiger partial charge is 0.306 e. The Bertz CT molecular complexity index is 394. The van der Waals surface area contributed by atoms with E-state index in [2.05, 4.69) is 42.9 Å². The predicted octanol–water partition coefficient (Wildman–Crippen LogP) is 2.99. The molecule has 1 aromatic rings. The summed E-state index contributed by atoms with van der Waals surface area (Å²) in [5, 5.41) is 18.0. The number of thiocyanates is 1. The Labute approximate surface area is 114 Å². The number of thioether (sulfide) groups is 1. The SMILES string of the molecule is CC(C)(C)c1cc(SC#N)n[nH]1.CN1CCCC1. The summed E-state index contributed by atoms with van der Waals surface area (Å²) in [5.74, 6) is 0. The van der Waals surface area contributed by atoms with Crippen LogP contribution in [-0.2, 0) is 5.41 Å². The van der Waals surface area contributed by atoms with Gasteiger partial charge in [0.1, 0.15) is 10.4 Å². The van der Waals surface area contributed by atoms with E-state index >= 15 is 0 Å². The summed E-state index contributed by atoms with van der Waals surface area (Å²) in [6, 6.07) is 1.91. The van der Waals surface area contributed by atoms with Gasteiger partial charge in [0, 0.05) is 22.9 Å². The molecule has 0 aromatic carbocycles. The van der Waals surface area contributed by atoms with Gasteiger partial charge in [0.25, 0.3) is 0 Å². The van der Waals surface area contributed by atoms with Crippen molar-refractivity contribution in [2.24, 2.45) is 0 Å². The first-order valence-corrected chi connectivity index (χ1v) is 7.05. The summed E-state index contributed by atoms with van der Waals surface area (Å²) in [7, 11) is 2.17. The molecule has 0 amide bonds. The molecular formula is C13H22N4S. The molecule has 2 rings (SSSR count). The van der Waals surface area contributed by atoms with Gasteiger partial charge in [-0.3, -0.25) is 5.10 Å². The van der Waals surface area contributed by atoms with Crippen LogP contribution in [0.1, 0.15) is 39.3 Å². The number of nitriles is 1. The lowest BCUT2D eigenvalue weighted by Crippen LogP contribution is -2.11. The lowest BCUT2D eigenvalue weighted by molar-refractivity contribution is 0.418. The van der Waals surface area contributed by atoms with E-state index in [0.29, 0.717) is 0 Å². The minimum atomic E-state index is 0.0707. The maximum atomic E-state index is 8.39. The molecule has 1 aliphatic heterocycles. The number of likely N-dealkylation sites (tertiary alicyclic amines) is 1. The Morgan fingerprint density at radius 2 is 2.00 bits per heavy atom. The average Bonchev–Trinajstić information content (AvgIpc) is 2.89. The number of hydrogen-bond donors (Lipinski definition) is 1. The van der Waals surface area contributed by atoms with Crippen LogP contribution in [0.25, 0.3) is 0 Å². The van der Waals surface area contributed by atoms with Crippen LogP contribution in [0.15, 0.2) is 11.1 Å². The monoisotopic (exact) mass is 266 g/mol. The molecule has 0 saturated carbocycles. The third-order valence-corrected chi connectivity index (χ3v) is 3.35. The first kappa shape index (κ1) is 15.1. The molecule has 4 nitrogen and oxygen atoms in total. The highest BCUT2D eigenvalue weighted by molar-refractivity contribution is 8.03. The van der Waals surface area contributed by atoms with Crippen molar-refractivity contribution in [3.63, 3.8) is 0 Å². The number of rotatable bonds is 1. The van der Waals surface area contributed by atoms with Crippen molar-refractivity contribution >= 4 is 11.8 Å². The minimum absolute atomic E-state index is 0.0707. The summed E-state index contributed by atoms with van der Waals surface area (Å²) in [6.07, 6.45) is 2.83. The van der Waals surface area contributed by atoms with Crippen LogP contribution in [-0.4, -0.2) is 35.2 Å². The smallest absolute Gasteiger partial charge is 0.140 e. The summed E-state index contributed by atoms with van der Waals surface area (Å²) in [5.41, 5.74) is 1.13. The molecule has 100 valence electrons. The van der Waals surface area contributed by atoms with Crippen LogP contribution >= 0.6 is 11.8 Å². The number of nitrogens with zero attached hydrogens (tertiary/aromatic N) is 3. The number of hydrogen-bond acceptors (Lipinski definition) is 4. The topological polar surface area (TPSA) is 55.7 Å². The number of aromatic amines is 1. The van der Waals surface area contributed by atoms with Crippen LogP contribution in [0.3, 0.4) is 0 Å². The molecule has 2 heterocycles. The lowest BCUT2D eigenvalue weighted by atomic mass is 9.93. The van der Waals surface area contributed by atoms with Gasteiger partial charge in [-0.1, -0.05) is 20.8 Å². The zero-order valence-electron chi connectivity index (χ0n) is 11.7. The highest BCUT2D eigenvalue weighted by atomic mass is 32.2. The summed E-state index contributed by atoms with van der Waals surface area (Å²) in [6.45, 7) is 8.93. The van der Waals surface area contributed by atoms with Gasteiger partial charge in [0.2, 0.25) is 0 Å². The van der Waals surface area contributed by atoms with E-state index in [4.69, 9.17) is 5.26 Å². The Hall–Kier alpha value is -0.990. The van der Waals surface area contributed by atoms with Crippen LogP contribution in [0.4, 0.5) is 0 Å². The van der Waals surface area contributed by atoms with Crippen LogP contribution < -0.4 is 0 Å². The first-order chi connectivity index (χ1) is 8.43. The van der Waals surface area contributed by atoms with Crippen LogP contribution in [0, 0.1) is 10.7 Å². The van der Waals surface area contributed by atoms with Crippen molar-refractivity contribution in [1.29, 1.82) is 5.26 Å². The maximum absolute atomic E-state index is 8.39. The highest BCUT2D eigenvalue weighted by Crippen LogP contribution is 2.23. The molecule has 0 unspecified atom stereocenters. The zero-order chi connectivity index (χ0) is 13.6. The molecule has 5 heteroatoms. The second kappa shape index (κ2) is 6.81. The van der Waals surface area contributed by atoms with Crippen LogP contribution in [0.2, 0.25) is 0 Å². The van der Waals surface area contributed by atoms with Crippen molar-refractivity contribution in [3.8, 4) is 5.40 Å². The Morgan fingerprint density at radius 3 is 2.33 bits per heavy atom. The normalized spacial score (nSPS) is 15.9. The molecule has 1 N–H and O–H groups in total. The standard InChI is InChI=1S/C8H11N3S.C5H11N/c1-8(2,3)6-4-7(11-10-6)12-5-9;1-6-4-2-3-5-6/h4H,1-3H3,(H,10,11);2-5H2,1H3. The summed E-state index contributed by atoms with van der Waals surface area (Å²) >= 11 is 1.08. The van der Waals surface area contributed by atoms with E-state index in [0.717, 1.165) is 22.5 Å². The molecular weight excluding hydrogens is 244 g/mol. The van der Waals surface area contributed by atoms with E-state index in [-0.39, 0.29) is 5.41 Å². The molecule has 0 radical (unpaired) electrons. The fourth-order valence-corrected chi connectivity index (χ4v) is 2.02. The van der Waals surface area contributed by atoms with E-state index in [9.17, 15) is 0 Å². The van der Waals surface area contributed by atoms with Crippen molar-refractivity contribution in [2.75, 3.05) is 20.1 Å². The van der Waals surface area contributed by atoms with E-state index in [1.54, 1.807) is 0 Å². The Morgan fingerprint density at radius 1 is 1.39 bits per heavy atom. The van der Waals surface area contributed by atoms with Gasteiger partial charge >= 0.3 is 0 Å². The second-order valence-corrected chi connectivity index (χ2v) is 6.38. The van der Waals surface area contributed by atoms with Crippen molar-refractivity contribution in [1.82, 2.24) is 15.1 Å². The quantitative estimate of drug-likeness (QED) is 0.627. The first-order valence-electron chi connectivity index (χ1n) is 6.24. The van der Waals surface area contributed by atoms with Crippen LogP contribution in [0.5, 0.6) is 0 Å². The van der Waals surface area contributed by atoms with Gasteiger partial charge in [-0.15, -0.1) is 0 Å². The maximum Gasteiger partial charge on any atom is 0.140 e. The lowest BCUT2D eigenvalue weighted by Gasteiger charge is -2.14. The second-order valence-electron chi connectivity index (χ2n) is 5.57. The van der Waals surface area contributed by atoms with Gasteiger partial charge in [-0.05, 0) is 39.0 Å². The molecule has 18 heavy (non-hydrogen) atoms. The van der Waals surface area contributed by atoms with Crippen molar-refractivity contribution in [3.05, 3.63) is 11.8 Å². The Kier molecular flexibility index (Phi) is 5.70. The average molecular weight is 266 g/mol. The molecule has 0 spiro atoms. The molecule has 1 aliphatic rings. The fraction of sp³-hybridized carbons (Fsp3) is 0.692. The van der Waals surface area contributed by atoms with Crippen molar-refractivity contribution in [2.45, 2.75) is 44.1 Å². The Balaban J connectivity index is 0.000000225. The zero-order valence-corrected chi connectivity index (χ0v) is 12.5. The minimum Gasteiger partial charge on any atom is -0.306 e. The molecule has 0 bridgehead atoms. The highest BCUT2D eigenvalue weighted by Gasteiger charge is 2.16. The fourth-order valence-electron chi connectivity index (χ4n) is 1.66. The predicted molar refractivity (Wildman–Crippen MR) is 75.5 cm³/mol. The third kappa shape index (κ3) is 5.11. The number of H-pyrrole nitrogens is 1. The third-order valence-electron chi connectivity index (χ3n) is 2.84. The van der Waals surface area contributed by atoms with E-state index < -0.39 is 0 Å². The van der Waals surface area contributed by atoms with Gasteiger partial charge in [0.15, 0.2) is 0 Å².